The first-order valence-corrected chi connectivity index (χ1v) is 14.6. The summed E-state index contributed by atoms with van der Waals surface area (Å²) in [6.45, 7) is 11.6. The molecular formula is C32H31ClFN7O3. The van der Waals surface area contributed by atoms with Gasteiger partial charge in [0.05, 0.1) is 39.9 Å². The van der Waals surface area contributed by atoms with Crippen molar-refractivity contribution in [3.05, 3.63) is 81.6 Å². The number of aromatic nitrogens is 3. The molecule has 226 valence electrons. The number of halogens is 2. The van der Waals surface area contributed by atoms with E-state index in [4.69, 9.17) is 22.3 Å². The number of nitrogens with two attached hydrogens (primary N) is 1. The highest BCUT2D eigenvalue weighted by Crippen LogP contribution is 2.43. The van der Waals surface area contributed by atoms with Gasteiger partial charge in [-0.1, -0.05) is 38.1 Å². The van der Waals surface area contributed by atoms with E-state index in [1.165, 1.54) is 22.8 Å². The molecule has 1 fully saturated rings. The van der Waals surface area contributed by atoms with Crippen LogP contribution in [0.2, 0.25) is 5.02 Å². The number of hydrogen-bond donors (Lipinski definition) is 2. The molecular weight excluding hydrogens is 585 g/mol. The fourth-order valence-corrected chi connectivity index (χ4v) is 6.46. The van der Waals surface area contributed by atoms with E-state index >= 15 is 4.39 Å². The lowest BCUT2D eigenvalue weighted by Crippen LogP contribution is -2.64. The molecule has 0 radical (unpaired) electrons. The molecule has 2 aliphatic heterocycles. The number of rotatable bonds is 4. The summed E-state index contributed by atoms with van der Waals surface area (Å²) in [5.41, 5.74) is 8.47. The number of nitrogen functional groups attached to an aromatic ring is 1. The van der Waals surface area contributed by atoms with E-state index in [1.54, 1.807) is 29.3 Å². The Balaban J connectivity index is 1.73. The lowest BCUT2D eigenvalue weighted by Gasteiger charge is -2.48. The number of carbonyl (C=O) groups is 2. The van der Waals surface area contributed by atoms with Gasteiger partial charge in [-0.25, -0.2) is 9.37 Å². The highest BCUT2D eigenvalue weighted by molar-refractivity contribution is 6.34. The Bertz CT molecular complexity index is 1940. The van der Waals surface area contributed by atoms with Crippen LogP contribution in [0.15, 0.2) is 54.0 Å². The van der Waals surface area contributed by atoms with Gasteiger partial charge in [-0.3, -0.25) is 23.9 Å². The normalized spacial score (nSPS) is 17.8. The maximum atomic E-state index is 15.2. The molecule has 44 heavy (non-hydrogen) atoms. The van der Waals surface area contributed by atoms with E-state index in [1.807, 2.05) is 32.6 Å². The fraction of sp³-hybridized carbons (Fsp3) is 0.281. The van der Waals surface area contributed by atoms with Crippen LogP contribution in [-0.2, 0) is 9.59 Å². The van der Waals surface area contributed by atoms with Crippen molar-refractivity contribution in [2.45, 2.75) is 45.7 Å². The molecule has 3 N–H and O–H groups in total. The van der Waals surface area contributed by atoms with Gasteiger partial charge >= 0.3 is 0 Å². The van der Waals surface area contributed by atoms with Crippen molar-refractivity contribution >= 4 is 51.5 Å². The molecule has 6 rings (SSSR count). The molecule has 1 saturated heterocycles. The van der Waals surface area contributed by atoms with Crippen molar-refractivity contribution in [3.63, 3.8) is 0 Å². The number of fused-ring (bicyclic) bond motifs is 5. The van der Waals surface area contributed by atoms with Gasteiger partial charge in [0.25, 0.3) is 5.56 Å². The fourth-order valence-electron chi connectivity index (χ4n) is 6.21. The number of amides is 2. The molecule has 2 unspecified atom stereocenters. The molecule has 0 spiro atoms. The standard InChI is InChI=1S/C32H31ClFN7O3/c1-6-23(42)39-14-22-31(43)38-27-29(40(22)13-17(39)5)18-12-19(33)26(24-20(34)8-7-9-21(24)35)37-30(18)41(32(27)44)28-16(4)10-11-36-25(28)15(2)3/h6-12,15,17,22H,1,13-14,35H2,2-5H3,(H,38,43). The second-order valence-corrected chi connectivity index (χ2v) is 11.9. The summed E-state index contributed by atoms with van der Waals surface area (Å²) >= 11 is 6.84. The Morgan fingerprint density at radius 1 is 1.23 bits per heavy atom. The van der Waals surface area contributed by atoms with Crippen molar-refractivity contribution in [1.29, 1.82) is 0 Å². The van der Waals surface area contributed by atoms with E-state index in [0.717, 1.165) is 5.56 Å². The molecule has 12 heteroatoms. The molecule has 2 amide bonds. The molecule has 2 aliphatic rings. The van der Waals surface area contributed by atoms with Crippen LogP contribution < -0.4 is 21.5 Å². The SMILES string of the molecule is C=CC(=O)N1CC2C(=O)Nc3c(c4cc(Cl)c(-c5c(N)cccc5F)nc4n(-c4c(C)ccnc4C(C)C)c3=O)N2CC1C. The van der Waals surface area contributed by atoms with E-state index < -0.39 is 23.3 Å². The molecule has 5 heterocycles. The molecule has 4 aromatic rings. The first kappa shape index (κ1) is 29.3. The largest absolute Gasteiger partial charge is 0.398 e. The number of anilines is 3. The minimum atomic E-state index is -0.784. The Labute approximate surface area is 258 Å². The van der Waals surface area contributed by atoms with Gasteiger partial charge in [-0.15, -0.1) is 0 Å². The molecule has 3 aromatic heterocycles. The zero-order valence-corrected chi connectivity index (χ0v) is 25.4. The van der Waals surface area contributed by atoms with Crippen LogP contribution in [-0.4, -0.2) is 56.4 Å². The Kier molecular flexibility index (Phi) is 7.16. The molecule has 0 aliphatic carbocycles. The number of pyridine rings is 3. The van der Waals surface area contributed by atoms with Gasteiger partial charge in [0.2, 0.25) is 11.8 Å². The number of aryl methyl sites for hydroxylation is 1. The topological polar surface area (TPSA) is 126 Å². The molecule has 1 aromatic carbocycles. The quantitative estimate of drug-likeness (QED) is 0.249. The second-order valence-electron chi connectivity index (χ2n) is 11.5. The highest BCUT2D eigenvalue weighted by Gasteiger charge is 2.43. The zero-order chi connectivity index (χ0) is 31.6. The van der Waals surface area contributed by atoms with Gasteiger partial charge in [0, 0.05) is 29.9 Å². The van der Waals surface area contributed by atoms with Crippen LogP contribution in [0.1, 0.15) is 37.9 Å². The third kappa shape index (κ3) is 4.41. The zero-order valence-electron chi connectivity index (χ0n) is 24.7. The average Bonchev–Trinajstić information content (AvgIpc) is 2.97. The number of nitrogens with zero attached hydrogens (tertiary/aromatic N) is 5. The van der Waals surface area contributed by atoms with Crippen molar-refractivity contribution < 1.29 is 14.0 Å². The van der Waals surface area contributed by atoms with Crippen LogP contribution in [0.5, 0.6) is 0 Å². The van der Waals surface area contributed by atoms with Crippen LogP contribution >= 0.6 is 11.6 Å². The molecule has 0 bridgehead atoms. The van der Waals surface area contributed by atoms with Gasteiger partial charge in [-0.05, 0) is 55.7 Å². The lowest BCUT2D eigenvalue weighted by molar-refractivity contribution is -0.130. The summed E-state index contributed by atoms with van der Waals surface area (Å²) in [7, 11) is 0. The van der Waals surface area contributed by atoms with Gasteiger partial charge in [0.15, 0.2) is 5.65 Å². The van der Waals surface area contributed by atoms with Crippen molar-refractivity contribution in [2.24, 2.45) is 0 Å². The predicted molar refractivity (Wildman–Crippen MR) is 170 cm³/mol. The monoisotopic (exact) mass is 615 g/mol. The van der Waals surface area contributed by atoms with Crippen LogP contribution in [0.4, 0.5) is 21.5 Å². The number of nitrogens with one attached hydrogen (secondary N) is 1. The summed E-state index contributed by atoms with van der Waals surface area (Å²) in [4.78, 5) is 53.6. The maximum Gasteiger partial charge on any atom is 0.282 e. The van der Waals surface area contributed by atoms with Crippen molar-refractivity contribution in [1.82, 2.24) is 19.4 Å². The van der Waals surface area contributed by atoms with E-state index in [9.17, 15) is 14.4 Å². The Hall–Kier alpha value is -4.77. The molecule has 2 atom stereocenters. The summed E-state index contributed by atoms with van der Waals surface area (Å²) in [6, 6.07) is 6.63. The number of carbonyl (C=O) groups excluding carboxylic acids is 2. The lowest BCUT2D eigenvalue weighted by atomic mass is 9.99. The second kappa shape index (κ2) is 10.7. The third-order valence-electron chi connectivity index (χ3n) is 8.32. The first-order chi connectivity index (χ1) is 20.9. The smallest absolute Gasteiger partial charge is 0.282 e. The summed E-state index contributed by atoms with van der Waals surface area (Å²) in [5.74, 6) is -1.40. The van der Waals surface area contributed by atoms with Crippen molar-refractivity contribution in [3.8, 4) is 16.9 Å². The minimum Gasteiger partial charge on any atom is -0.398 e. The number of hydrogen-bond acceptors (Lipinski definition) is 7. The van der Waals surface area contributed by atoms with Gasteiger partial charge in [0.1, 0.15) is 17.5 Å². The van der Waals surface area contributed by atoms with Gasteiger partial charge < -0.3 is 20.9 Å². The maximum absolute atomic E-state index is 15.2. The average molecular weight is 616 g/mol. The first-order valence-electron chi connectivity index (χ1n) is 14.2. The molecule has 0 saturated carbocycles. The number of benzene rings is 1. The summed E-state index contributed by atoms with van der Waals surface area (Å²) < 4.78 is 16.6. The molecule has 10 nitrogen and oxygen atoms in total. The summed E-state index contributed by atoms with van der Waals surface area (Å²) in [6.07, 6.45) is 2.89. The van der Waals surface area contributed by atoms with Gasteiger partial charge in [-0.2, -0.15) is 0 Å². The Morgan fingerprint density at radius 2 is 1.98 bits per heavy atom. The van der Waals surface area contributed by atoms with E-state index in [2.05, 4.69) is 16.9 Å². The van der Waals surface area contributed by atoms with Crippen LogP contribution in [0, 0.1) is 12.7 Å². The number of piperazine rings is 1. The van der Waals surface area contributed by atoms with E-state index in [-0.39, 0.29) is 64.3 Å². The third-order valence-corrected chi connectivity index (χ3v) is 8.61. The minimum absolute atomic E-state index is 0.0134. The van der Waals surface area contributed by atoms with Crippen LogP contribution in [0.3, 0.4) is 0 Å². The summed E-state index contributed by atoms with van der Waals surface area (Å²) in [5, 5.41) is 3.39. The van der Waals surface area contributed by atoms with Crippen molar-refractivity contribution in [2.75, 3.05) is 29.0 Å². The Morgan fingerprint density at radius 3 is 2.66 bits per heavy atom. The highest BCUT2D eigenvalue weighted by atomic mass is 35.5. The van der Waals surface area contributed by atoms with E-state index in [0.29, 0.717) is 22.5 Å². The van der Waals surface area contributed by atoms with Crippen LogP contribution in [0.25, 0.3) is 28.0 Å². The predicted octanol–water partition coefficient (Wildman–Crippen LogP) is 4.80.